The molecule has 34 heavy (non-hydrogen) atoms. The molecular formula is C24H15F4N3O2S. The number of aryl methyl sites for hydroxylation is 1. The monoisotopic (exact) mass is 485 g/mol. The van der Waals surface area contributed by atoms with Gasteiger partial charge in [-0.05, 0) is 48.4 Å². The highest BCUT2D eigenvalue weighted by molar-refractivity contribution is 7.25. The van der Waals surface area contributed by atoms with Crippen molar-refractivity contribution in [1.29, 1.82) is 0 Å². The minimum atomic E-state index is -2.96. The van der Waals surface area contributed by atoms with Crippen molar-refractivity contribution in [3.63, 3.8) is 0 Å². The first-order valence-corrected chi connectivity index (χ1v) is 10.9. The summed E-state index contributed by atoms with van der Waals surface area (Å²) >= 11 is 0.991. The van der Waals surface area contributed by atoms with E-state index in [-0.39, 0.29) is 26.8 Å². The number of ether oxygens (including phenoxy) is 1. The first kappa shape index (κ1) is 22.0. The molecule has 0 aliphatic heterocycles. The van der Waals surface area contributed by atoms with Gasteiger partial charge in [-0.2, -0.15) is 8.78 Å². The summed E-state index contributed by atoms with van der Waals surface area (Å²) in [4.78, 5) is 24.5. The van der Waals surface area contributed by atoms with Crippen LogP contribution in [0.15, 0.2) is 59.4 Å². The molecule has 0 unspecified atom stereocenters. The highest BCUT2D eigenvalue weighted by atomic mass is 32.1. The van der Waals surface area contributed by atoms with E-state index >= 15 is 0 Å². The van der Waals surface area contributed by atoms with Crippen molar-refractivity contribution in [2.24, 2.45) is 0 Å². The molecule has 5 aromatic rings. The zero-order valence-electron chi connectivity index (χ0n) is 17.5. The molecule has 5 nitrogen and oxygen atoms in total. The molecule has 0 fully saturated rings. The molecule has 5 rings (SSSR count). The number of nitrogens with zero attached hydrogens (tertiary/aromatic N) is 2. The van der Waals surface area contributed by atoms with Crippen LogP contribution in [-0.4, -0.2) is 21.6 Å². The van der Waals surface area contributed by atoms with Gasteiger partial charge in [-0.3, -0.25) is 4.79 Å². The zero-order valence-corrected chi connectivity index (χ0v) is 18.3. The molecule has 0 amide bonds. The second kappa shape index (κ2) is 8.53. The van der Waals surface area contributed by atoms with Crippen LogP contribution in [0.25, 0.3) is 42.9 Å². The van der Waals surface area contributed by atoms with Crippen LogP contribution in [0.4, 0.5) is 17.6 Å². The van der Waals surface area contributed by atoms with E-state index in [0.717, 1.165) is 16.9 Å². The Balaban J connectivity index is 1.75. The third kappa shape index (κ3) is 4.01. The Bertz CT molecular complexity index is 1560. The third-order valence-corrected chi connectivity index (χ3v) is 6.33. The highest BCUT2D eigenvalue weighted by Gasteiger charge is 2.21. The summed E-state index contributed by atoms with van der Waals surface area (Å²) in [5, 5.41) is 0.498. The van der Waals surface area contributed by atoms with Gasteiger partial charge < -0.3 is 9.72 Å². The van der Waals surface area contributed by atoms with E-state index in [1.165, 1.54) is 30.3 Å². The maximum Gasteiger partial charge on any atom is 0.387 e. The largest absolute Gasteiger partial charge is 0.435 e. The average Bonchev–Trinajstić information content (AvgIpc) is 3.18. The molecule has 3 aromatic heterocycles. The van der Waals surface area contributed by atoms with Crippen LogP contribution < -0.4 is 10.3 Å². The van der Waals surface area contributed by atoms with Gasteiger partial charge in [0.2, 0.25) is 0 Å². The predicted octanol–water partition coefficient (Wildman–Crippen LogP) is 6.71. The summed E-state index contributed by atoms with van der Waals surface area (Å²) in [6.45, 7) is -1.04. The Kier molecular flexibility index (Phi) is 5.52. The van der Waals surface area contributed by atoms with E-state index in [2.05, 4.69) is 19.7 Å². The van der Waals surface area contributed by atoms with Crippen LogP contribution in [0.3, 0.4) is 0 Å². The second-order valence-electron chi connectivity index (χ2n) is 7.54. The van der Waals surface area contributed by atoms with Crippen molar-refractivity contribution in [2.45, 2.75) is 20.0 Å². The van der Waals surface area contributed by atoms with Crippen molar-refractivity contribution in [1.82, 2.24) is 15.0 Å². The lowest BCUT2D eigenvalue weighted by molar-refractivity contribution is -0.0498. The van der Waals surface area contributed by atoms with Crippen molar-refractivity contribution in [3.05, 3.63) is 76.2 Å². The zero-order chi connectivity index (χ0) is 24.0. The molecule has 10 heteroatoms. The van der Waals surface area contributed by atoms with Crippen LogP contribution >= 0.6 is 11.3 Å². The van der Waals surface area contributed by atoms with Gasteiger partial charge >= 0.3 is 6.61 Å². The maximum absolute atomic E-state index is 13.6. The van der Waals surface area contributed by atoms with Crippen LogP contribution in [0.5, 0.6) is 5.75 Å². The van der Waals surface area contributed by atoms with Gasteiger partial charge in [-0.1, -0.05) is 29.8 Å². The minimum Gasteiger partial charge on any atom is -0.435 e. The number of fused-ring (bicyclic) bond motifs is 3. The lowest BCUT2D eigenvalue weighted by atomic mass is 10.0. The molecular weight excluding hydrogens is 470 g/mol. The van der Waals surface area contributed by atoms with E-state index in [1.54, 1.807) is 0 Å². The number of nitrogens with one attached hydrogen (secondary N) is 1. The van der Waals surface area contributed by atoms with Crippen molar-refractivity contribution < 1.29 is 22.3 Å². The van der Waals surface area contributed by atoms with Crippen molar-refractivity contribution >= 4 is 31.8 Å². The molecule has 0 saturated heterocycles. The molecule has 1 N–H and O–H groups in total. The molecule has 0 spiro atoms. The number of alkyl halides is 4. The number of pyridine rings is 1. The third-order valence-electron chi connectivity index (χ3n) is 5.26. The van der Waals surface area contributed by atoms with Gasteiger partial charge in [0.1, 0.15) is 26.8 Å². The normalized spacial score (nSPS) is 11.7. The molecule has 3 heterocycles. The first-order valence-electron chi connectivity index (χ1n) is 10.1. The summed E-state index contributed by atoms with van der Waals surface area (Å²) < 4.78 is 56.6. The van der Waals surface area contributed by atoms with Crippen LogP contribution in [-0.2, 0) is 0 Å². The molecule has 0 aliphatic rings. The number of halogens is 4. The van der Waals surface area contributed by atoms with Gasteiger partial charge in [-0.25, -0.2) is 18.7 Å². The highest BCUT2D eigenvalue weighted by Crippen LogP contribution is 2.39. The van der Waals surface area contributed by atoms with E-state index in [0.29, 0.717) is 27.6 Å². The molecule has 172 valence electrons. The average molecular weight is 485 g/mol. The number of benzene rings is 2. The Labute approximate surface area is 193 Å². The van der Waals surface area contributed by atoms with Crippen LogP contribution in [0.1, 0.15) is 17.7 Å². The fraction of sp³-hybridized carbons (Fsp3) is 0.125. The quantitative estimate of drug-likeness (QED) is 0.281. The lowest BCUT2D eigenvalue weighted by Crippen LogP contribution is -2.08. The number of rotatable bonds is 5. The Hall–Kier alpha value is -3.79. The number of hydrogen-bond acceptors (Lipinski definition) is 5. The summed E-state index contributed by atoms with van der Waals surface area (Å²) in [6, 6.07) is 14.4. The molecule has 0 saturated carbocycles. The van der Waals surface area contributed by atoms with Crippen molar-refractivity contribution in [2.75, 3.05) is 0 Å². The standard InChI is InChI=1S/C24H15F4N3O2S/c1-11-2-4-12(5-3-11)15-10-16(20(25)26)29-23-17(15)18-19(34-23)22(32)31-21(30-18)13-6-8-14(9-7-13)33-24(27)28/h2-10,20,24H,1H3,(H,30,31,32). The maximum atomic E-state index is 13.6. The topological polar surface area (TPSA) is 67.9 Å². The summed E-state index contributed by atoms with van der Waals surface area (Å²) in [6.07, 6.45) is -2.78. The fourth-order valence-corrected chi connectivity index (χ4v) is 4.71. The SMILES string of the molecule is Cc1ccc(-c2cc(C(F)F)nc3sc4c(=O)[nH]c(-c5ccc(OC(F)F)cc5)nc4c23)cc1. The Morgan fingerprint density at radius 2 is 1.62 bits per heavy atom. The number of aromatic amines is 1. The number of thiophene rings is 1. The summed E-state index contributed by atoms with van der Waals surface area (Å²) in [7, 11) is 0. The molecule has 0 aliphatic carbocycles. The van der Waals surface area contributed by atoms with E-state index in [9.17, 15) is 22.4 Å². The van der Waals surface area contributed by atoms with Crippen LogP contribution in [0.2, 0.25) is 0 Å². The Morgan fingerprint density at radius 1 is 0.941 bits per heavy atom. The molecule has 0 radical (unpaired) electrons. The van der Waals surface area contributed by atoms with Gasteiger partial charge in [-0.15, -0.1) is 11.3 Å². The second-order valence-corrected chi connectivity index (χ2v) is 8.54. The number of aromatic nitrogens is 3. The lowest BCUT2D eigenvalue weighted by Gasteiger charge is -2.08. The van der Waals surface area contributed by atoms with Crippen molar-refractivity contribution in [3.8, 4) is 28.3 Å². The van der Waals surface area contributed by atoms with E-state index < -0.39 is 18.6 Å². The smallest absolute Gasteiger partial charge is 0.387 e. The van der Waals surface area contributed by atoms with Crippen LogP contribution in [0, 0.1) is 6.92 Å². The van der Waals surface area contributed by atoms with Gasteiger partial charge in [0.15, 0.2) is 0 Å². The Morgan fingerprint density at radius 3 is 2.26 bits per heavy atom. The van der Waals surface area contributed by atoms with Gasteiger partial charge in [0.25, 0.3) is 12.0 Å². The summed E-state index contributed by atoms with van der Waals surface area (Å²) in [5.74, 6) is 0.169. The molecule has 0 atom stereocenters. The van der Waals surface area contributed by atoms with E-state index in [4.69, 9.17) is 0 Å². The first-order chi connectivity index (χ1) is 16.3. The fourth-order valence-electron chi connectivity index (χ4n) is 3.67. The molecule has 2 aromatic carbocycles. The summed E-state index contributed by atoms with van der Waals surface area (Å²) in [5.41, 5.74) is 2.15. The van der Waals surface area contributed by atoms with Gasteiger partial charge in [0, 0.05) is 10.9 Å². The minimum absolute atomic E-state index is 0.0338. The number of hydrogen-bond donors (Lipinski definition) is 1. The number of H-pyrrole nitrogens is 1. The predicted molar refractivity (Wildman–Crippen MR) is 123 cm³/mol. The van der Waals surface area contributed by atoms with E-state index in [1.807, 2.05) is 31.2 Å². The van der Waals surface area contributed by atoms with Gasteiger partial charge in [0.05, 0.1) is 5.52 Å². The molecule has 0 bridgehead atoms.